The number of carbonyl (C=O) groups excluding carboxylic acids is 2. The van der Waals surface area contributed by atoms with Crippen molar-refractivity contribution in [3.63, 3.8) is 0 Å². The van der Waals surface area contributed by atoms with Gasteiger partial charge in [-0.1, -0.05) is 0 Å². The highest BCUT2D eigenvalue weighted by Gasteiger charge is 2.50. The highest BCUT2D eigenvalue weighted by atomic mass is 16.6. The predicted molar refractivity (Wildman–Crippen MR) is 57.1 cm³/mol. The highest BCUT2D eigenvalue weighted by Crippen LogP contribution is 2.38. The van der Waals surface area contributed by atoms with Crippen LogP contribution in [0.2, 0.25) is 0 Å². The molecule has 0 spiro atoms. The first-order valence-electron chi connectivity index (χ1n) is 5.73. The van der Waals surface area contributed by atoms with Gasteiger partial charge in [-0.05, 0) is 6.92 Å². The van der Waals surface area contributed by atoms with Crippen LogP contribution < -0.4 is 0 Å². The minimum Gasteiger partial charge on any atom is -0.469 e. The summed E-state index contributed by atoms with van der Waals surface area (Å²) >= 11 is 0. The number of carbonyl (C=O) groups is 2. The summed E-state index contributed by atoms with van der Waals surface area (Å²) in [6.45, 7) is 2.43. The maximum absolute atomic E-state index is 11.4. The number of aliphatic hydroxyl groups is 1. The molecule has 1 amide bonds. The first-order chi connectivity index (χ1) is 8.04. The fourth-order valence-corrected chi connectivity index (χ4v) is 2.75. The molecule has 1 N–H and O–H groups in total. The molecule has 2 fully saturated rings. The normalized spacial score (nSPS) is 33.2. The van der Waals surface area contributed by atoms with Crippen molar-refractivity contribution >= 4 is 12.1 Å². The van der Waals surface area contributed by atoms with Gasteiger partial charge in [0.25, 0.3) is 0 Å². The van der Waals surface area contributed by atoms with Crippen LogP contribution >= 0.6 is 0 Å². The molecule has 2 aliphatic rings. The van der Waals surface area contributed by atoms with Gasteiger partial charge >= 0.3 is 12.1 Å². The van der Waals surface area contributed by atoms with Crippen molar-refractivity contribution in [2.45, 2.75) is 25.5 Å². The van der Waals surface area contributed by atoms with E-state index in [0.29, 0.717) is 13.2 Å². The van der Waals surface area contributed by atoms with Crippen LogP contribution in [0.3, 0.4) is 0 Å². The summed E-state index contributed by atoms with van der Waals surface area (Å²) in [6, 6.07) is -0.110. The Labute approximate surface area is 99.5 Å². The smallest absolute Gasteiger partial charge is 0.410 e. The third kappa shape index (κ3) is 2.09. The van der Waals surface area contributed by atoms with Gasteiger partial charge in [-0.2, -0.15) is 0 Å². The Kier molecular flexibility index (Phi) is 3.24. The molecule has 2 heterocycles. The van der Waals surface area contributed by atoms with Gasteiger partial charge in [0.05, 0.1) is 25.7 Å². The lowest BCUT2D eigenvalue weighted by Gasteiger charge is -2.22. The number of cyclic esters (lactones) is 1. The molecule has 6 nitrogen and oxygen atoms in total. The molecule has 0 aromatic carbocycles. The number of hydrogen-bond donors (Lipinski definition) is 1. The number of nitrogens with zero attached hydrogens (tertiary/aromatic N) is 1. The number of methoxy groups -OCH3 is 1. The third-order valence-corrected chi connectivity index (χ3v) is 3.71. The summed E-state index contributed by atoms with van der Waals surface area (Å²) in [6.07, 6.45) is -0.694. The SMILES string of the molecule is COC(=O)C[C@@H]1[C@H]2COC(=O)N2C[C@H]1C(C)O. The van der Waals surface area contributed by atoms with Crippen LogP contribution in [0.25, 0.3) is 0 Å². The van der Waals surface area contributed by atoms with E-state index in [2.05, 4.69) is 4.74 Å². The molecule has 1 unspecified atom stereocenters. The molecular formula is C11H17NO5. The van der Waals surface area contributed by atoms with Crippen LogP contribution in [0.15, 0.2) is 0 Å². The van der Waals surface area contributed by atoms with E-state index in [-0.39, 0.29) is 36.4 Å². The zero-order valence-electron chi connectivity index (χ0n) is 9.96. The number of hydrogen-bond acceptors (Lipinski definition) is 5. The standard InChI is InChI=1S/C11H17NO5/c1-6(13)8-4-12-9(5-17-11(12)15)7(8)3-10(14)16-2/h6-9,13H,3-5H2,1-2H3/t6?,7-,8-,9+/m0/s1. The number of esters is 1. The number of fused-ring (bicyclic) bond motifs is 1. The zero-order valence-corrected chi connectivity index (χ0v) is 9.96. The van der Waals surface area contributed by atoms with Crippen molar-refractivity contribution in [1.29, 1.82) is 0 Å². The quantitative estimate of drug-likeness (QED) is 0.706. The summed E-state index contributed by atoms with van der Waals surface area (Å²) < 4.78 is 9.60. The molecule has 96 valence electrons. The van der Waals surface area contributed by atoms with Crippen molar-refractivity contribution < 1.29 is 24.2 Å². The average molecular weight is 243 g/mol. The van der Waals surface area contributed by atoms with E-state index < -0.39 is 6.10 Å². The zero-order chi connectivity index (χ0) is 12.6. The Morgan fingerprint density at radius 1 is 1.71 bits per heavy atom. The maximum Gasteiger partial charge on any atom is 0.410 e. The third-order valence-electron chi connectivity index (χ3n) is 3.71. The summed E-state index contributed by atoms with van der Waals surface area (Å²) in [4.78, 5) is 24.4. The van der Waals surface area contributed by atoms with Gasteiger partial charge in [0.1, 0.15) is 6.61 Å². The molecule has 0 aliphatic carbocycles. The van der Waals surface area contributed by atoms with Crippen LogP contribution in [-0.4, -0.2) is 54.5 Å². The fraction of sp³-hybridized carbons (Fsp3) is 0.818. The first-order valence-corrected chi connectivity index (χ1v) is 5.73. The van der Waals surface area contributed by atoms with Gasteiger partial charge in [0, 0.05) is 18.4 Å². The van der Waals surface area contributed by atoms with E-state index >= 15 is 0 Å². The van der Waals surface area contributed by atoms with Gasteiger partial charge in [0.2, 0.25) is 0 Å². The van der Waals surface area contributed by atoms with E-state index in [4.69, 9.17) is 4.74 Å². The first kappa shape index (κ1) is 12.2. The molecule has 0 saturated carbocycles. The van der Waals surface area contributed by atoms with Crippen LogP contribution in [0.4, 0.5) is 4.79 Å². The van der Waals surface area contributed by atoms with Crippen molar-refractivity contribution in [1.82, 2.24) is 4.90 Å². The van der Waals surface area contributed by atoms with Crippen LogP contribution in [0.1, 0.15) is 13.3 Å². The average Bonchev–Trinajstić information content (AvgIpc) is 2.81. The van der Waals surface area contributed by atoms with Gasteiger partial charge in [0.15, 0.2) is 0 Å². The largest absolute Gasteiger partial charge is 0.469 e. The van der Waals surface area contributed by atoms with Crippen molar-refractivity contribution in [3.05, 3.63) is 0 Å². The molecule has 2 aliphatic heterocycles. The van der Waals surface area contributed by atoms with Crippen molar-refractivity contribution in [2.24, 2.45) is 11.8 Å². The second-order valence-electron chi connectivity index (χ2n) is 4.65. The summed E-state index contributed by atoms with van der Waals surface area (Å²) in [5.74, 6) is -0.498. The molecule has 0 aromatic rings. The Morgan fingerprint density at radius 3 is 3.00 bits per heavy atom. The molecular weight excluding hydrogens is 226 g/mol. The summed E-state index contributed by atoms with van der Waals surface area (Å²) in [5.41, 5.74) is 0. The molecule has 2 saturated heterocycles. The molecule has 4 atom stereocenters. The Morgan fingerprint density at radius 2 is 2.41 bits per heavy atom. The lowest BCUT2D eigenvalue weighted by atomic mass is 9.85. The van der Waals surface area contributed by atoms with Gasteiger partial charge in [-0.3, -0.25) is 4.79 Å². The number of rotatable bonds is 3. The minimum absolute atomic E-state index is 0.0890. The van der Waals surface area contributed by atoms with E-state index in [1.165, 1.54) is 7.11 Å². The monoisotopic (exact) mass is 243 g/mol. The predicted octanol–water partition coefficient (Wildman–Crippen LogP) is -0.00290. The number of ether oxygens (including phenoxy) is 2. The summed E-state index contributed by atoms with van der Waals surface area (Å²) in [7, 11) is 1.34. The molecule has 0 bridgehead atoms. The Balaban J connectivity index is 2.13. The fourth-order valence-electron chi connectivity index (χ4n) is 2.75. The van der Waals surface area contributed by atoms with E-state index in [1.807, 2.05) is 0 Å². The number of amides is 1. The van der Waals surface area contributed by atoms with Crippen LogP contribution in [-0.2, 0) is 14.3 Å². The van der Waals surface area contributed by atoms with E-state index in [1.54, 1.807) is 11.8 Å². The lowest BCUT2D eigenvalue weighted by Crippen LogP contribution is -2.32. The number of aliphatic hydroxyl groups excluding tert-OH is 1. The van der Waals surface area contributed by atoms with Crippen molar-refractivity contribution in [2.75, 3.05) is 20.3 Å². The molecule has 0 aromatic heterocycles. The van der Waals surface area contributed by atoms with E-state index in [0.717, 1.165) is 0 Å². The molecule has 17 heavy (non-hydrogen) atoms. The Bertz CT molecular complexity index is 330. The highest BCUT2D eigenvalue weighted by molar-refractivity contribution is 5.72. The van der Waals surface area contributed by atoms with Crippen molar-refractivity contribution in [3.8, 4) is 0 Å². The van der Waals surface area contributed by atoms with Gasteiger partial charge < -0.3 is 19.5 Å². The molecule has 2 rings (SSSR count). The topological polar surface area (TPSA) is 76.1 Å². The second kappa shape index (κ2) is 4.52. The summed E-state index contributed by atoms with van der Waals surface area (Å²) in [5, 5.41) is 9.72. The second-order valence-corrected chi connectivity index (χ2v) is 4.65. The minimum atomic E-state index is -0.553. The van der Waals surface area contributed by atoms with E-state index in [9.17, 15) is 14.7 Å². The van der Waals surface area contributed by atoms with Gasteiger partial charge in [-0.25, -0.2) is 4.79 Å². The van der Waals surface area contributed by atoms with Gasteiger partial charge in [-0.15, -0.1) is 0 Å². The maximum atomic E-state index is 11.4. The van der Waals surface area contributed by atoms with Crippen LogP contribution in [0.5, 0.6) is 0 Å². The lowest BCUT2D eigenvalue weighted by molar-refractivity contribution is -0.142. The Hall–Kier alpha value is -1.30. The molecule has 6 heteroatoms. The van der Waals surface area contributed by atoms with Crippen LogP contribution in [0, 0.1) is 11.8 Å². The molecule has 0 radical (unpaired) electrons.